The smallest absolute Gasteiger partial charge is 0.253 e. The Kier molecular flexibility index (Phi) is 6.40. The molecule has 1 aromatic heterocycles. The number of amides is 2. The van der Waals surface area contributed by atoms with Crippen LogP contribution in [0.5, 0.6) is 5.75 Å². The molecule has 4 rings (SSSR count). The topological polar surface area (TPSA) is 84.0 Å². The van der Waals surface area contributed by atoms with E-state index >= 15 is 0 Å². The van der Waals surface area contributed by atoms with Gasteiger partial charge in [-0.1, -0.05) is 36.4 Å². The number of hydrogen-bond donors (Lipinski definition) is 0. The highest BCUT2D eigenvalue weighted by atomic mass is 32.2. The van der Waals surface area contributed by atoms with E-state index in [4.69, 9.17) is 4.74 Å². The number of benzene rings is 2. The van der Waals surface area contributed by atoms with Gasteiger partial charge in [-0.25, -0.2) is 13.3 Å². The Bertz CT molecular complexity index is 1190. The summed E-state index contributed by atoms with van der Waals surface area (Å²) >= 11 is 1.08. The lowest BCUT2D eigenvalue weighted by Gasteiger charge is -2.26. The molecule has 9 heteroatoms. The lowest BCUT2D eigenvalue weighted by Crippen LogP contribution is -2.44. The van der Waals surface area contributed by atoms with E-state index in [1.54, 1.807) is 60.0 Å². The first-order valence-electron chi connectivity index (χ1n) is 10.1. The standard InChI is InChI=1S/C23H22N2O5S2/c1-2-30-19-12-10-18(11-13-19)25-21(26)15-20(23(25)27)24(16-17-7-4-3-5-8-17)32(28,29)22-9-6-14-31-22/h3-14,20H,2,15-16H2,1H3. The summed E-state index contributed by atoms with van der Waals surface area (Å²) in [6.45, 7) is 2.35. The second-order valence-electron chi connectivity index (χ2n) is 7.18. The van der Waals surface area contributed by atoms with E-state index in [0.29, 0.717) is 18.0 Å². The minimum atomic E-state index is -3.98. The van der Waals surface area contributed by atoms with Crippen molar-refractivity contribution in [2.24, 2.45) is 0 Å². The highest BCUT2D eigenvalue weighted by molar-refractivity contribution is 7.91. The maximum atomic E-state index is 13.4. The third kappa shape index (κ3) is 4.32. The van der Waals surface area contributed by atoms with Crippen molar-refractivity contribution in [3.63, 3.8) is 0 Å². The van der Waals surface area contributed by atoms with Gasteiger partial charge in [0.25, 0.3) is 15.9 Å². The Morgan fingerprint density at radius 1 is 1.03 bits per heavy atom. The predicted molar refractivity (Wildman–Crippen MR) is 122 cm³/mol. The van der Waals surface area contributed by atoms with Gasteiger partial charge < -0.3 is 4.74 Å². The number of carbonyl (C=O) groups excluding carboxylic acids is 2. The first-order chi connectivity index (χ1) is 15.4. The summed E-state index contributed by atoms with van der Waals surface area (Å²) in [7, 11) is -3.98. The number of nitrogens with zero attached hydrogens (tertiary/aromatic N) is 2. The number of rotatable bonds is 8. The Labute approximate surface area is 190 Å². The fraction of sp³-hybridized carbons (Fsp3) is 0.217. The molecule has 1 atom stereocenters. The van der Waals surface area contributed by atoms with Crippen molar-refractivity contribution in [1.82, 2.24) is 4.31 Å². The molecule has 0 radical (unpaired) electrons. The Morgan fingerprint density at radius 3 is 2.38 bits per heavy atom. The molecule has 2 aromatic carbocycles. The number of sulfonamides is 1. The lowest BCUT2D eigenvalue weighted by molar-refractivity contribution is -0.122. The van der Waals surface area contributed by atoms with Crippen LogP contribution in [-0.4, -0.2) is 37.2 Å². The molecular weight excluding hydrogens is 448 g/mol. The van der Waals surface area contributed by atoms with Crippen molar-refractivity contribution in [2.45, 2.75) is 30.1 Å². The van der Waals surface area contributed by atoms with Crippen LogP contribution in [0.4, 0.5) is 5.69 Å². The van der Waals surface area contributed by atoms with E-state index in [9.17, 15) is 18.0 Å². The first kappa shape index (κ1) is 22.2. The number of hydrogen-bond acceptors (Lipinski definition) is 6. The summed E-state index contributed by atoms with van der Waals surface area (Å²) in [5.41, 5.74) is 1.12. The molecule has 0 aliphatic carbocycles. The fourth-order valence-electron chi connectivity index (χ4n) is 3.62. The monoisotopic (exact) mass is 470 g/mol. The summed E-state index contributed by atoms with van der Waals surface area (Å²) in [5.74, 6) is -0.378. The van der Waals surface area contributed by atoms with Gasteiger partial charge in [0.1, 0.15) is 16.0 Å². The molecule has 1 aliphatic heterocycles. The quantitative estimate of drug-likeness (QED) is 0.469. The highest BCUT2D eigenvalue weighted by Gasteiger charge is 2.47. The minimum Gasteiger partial charge on any atom is -0.494 e. The van der Waals surface area contributed by atoms with E-state index in [1.807, 2.05) is 13.0 Å². The van der Waals surface area contributed by atoms with Gasteiger partial charge in [0.05, 0.1) is 18.7 Å². The molecule has 32 heavy (non-hydrogen) atoms. The van der Waals surface area contributed by atoms with Crippen molar-refractivity contribution in [3.05, 3.63) is 77.7 Å². The summed E-state index contributed by atoms with van der Waals surface area (Å²) < 4.78 is 33.6. The molecule has 1 aliphatic rings. The van der Waals surface area contributed by atoms with Gasteiger partial charge >= 0.3 is 0 Å². The van der Waals surface area contributed by atoms with Crippen molar-refractivity contribution in [2.75, 3.05) is 11.5 Å². The van der Waals surface area contributed by atoms with Gasteiger partial charge in [-0.15, -0.1) is 11.3 Å². The van der Waals surface area contributed by atoms with Crippen molar-refractivity contribution in [3.8, 4) is 5.75 Å². The van der Waals surface area contributed by atoms with E-state index < -0.39 is 27.9 Å². The molecule has 0 bridgehead atoms. The fourth-order valence-corrected chi connectivity index (χ4v) is 6.31. The maximum absolute atomic E-state index is 13.4. The highest BCUT2D eigenvalue weighted by Crippen LogP contribution is 2.32. The van der Waals surface area contributed by atoms with Crippen molar-refractivity contribution < 1.29 is 22.7 Å². The van der Waals surface area contributed by atoms with Gasteiger partial charge in [-0.3, -0.25) is 9.59 Å². The van der Waals surface area contributed by atoms with Crippen LogP contribution in [0.15, 0.2) is 76.3 Å². The summed E-state index contributed by atoms with van der Waals surface area (Å²) in [6.07, 6.45) is -0.219. The van der Waals surface area contributed by atoms with Gasteiger partial charge in [-0.05, 0) is 48.2 Å². The third-order valence-electron chi connectivity index (χ3n) is 5.12. The van der Waals surface area contributed by atoms with Crippen LogP contribution in [0.25, 0.3) is 0 Å². The number of anilines is 1. The largest absolute Gasteiger partial charge is 0.494 e. The first-order valence-corrected chi connectivity index (χ1v) is 12.4. The number of thiophene rings is 1. The molecule has 2 amide bonds. The SMILES string of the molecule is CCOc1ccc(N2C(=O)CC(N(Cc3ccccc3)S(=O)(=O)c3cccs3)C2=O)cc1. The zero-order valence-electron chi connectivity index (χ0n) is 17.4. The molecule has 0 N–H and O–H groups in total. The van der Waals surface area contributed by atoms with Crippen LogP contribution in [0.3, 0.4) is 0 Å². The van der Waals surface area contributed by atoms with Gasteiger partial charge in [0, 0.05) is 6.54 Å². The molecule has 1 fully saturated rings. The predicted octanol–water partition coefficient (Wildman–Crippen LogP) is 3.67. The molecule has 3 aromatic rings. The van der Waals surface area contributed by atoms with Gasteiger partial charge in [-0.2, -0.15) is 4.31 Å². The Morgan fingerprint density at radius 2 is 1.75 bits per heavy atom. The second kappa shape index (κ2) is 9.23. The van der Waals surface area contributed by atoms with Crippen LogP contribution >= 0.6 is 11.3 Å². The molecule has 0 saturated carbocycles. The molecule has 0 spiro atoms. The molecule has 1 saturated heterocycles. The molecular formula is C23H22N2O5S2. The number of imide groups is 1. The lowest BCUT2D eigenvalue weighted by atomic mass is 10.2. The molecule has 7 nitrogen and oxygen atoms in total. The van der Waals surface area contributed by atoms with E-state index in [1.165, 1.54) is 6.07 Å². The van der Waals surface area contributed by atoms with Crippen LogP contribution in [0.2, 0.25) is 0 Å². The van der Waals surface area contributed by atoms with E-state index in [0.717, 1.165) is 26.1 Å². The van der Waals surface area contributed by atoms with Crippen LogP contribution in [0, 0.1) is 0 Å². The van der Waals surface area contributed by atoms with E-state index in [2.05, 4.69) is 0 Å². The van der Waals surface area contributed by atoms with Gasteiger partial charge in [0.2, 0.25) is 5.91 Å². The second-order valence-corrected chi connectivity index (χ2v) is 10.2. The number of ether oxygens (including phenoxy) is 1. The molecule has 2 heterocycles. The van der Waals surface area contributed by atoms with Crippen LogP contribution in [-0.2, 0) is 26.2 Å². The third-order valence-corrected chi connectivity index (χ3v) is 8.34. The Balaban J connectivity index is 1.68. The van der Waals surface area contributed by atoms with Crippen LogP contribution in [0.1, 0.15) is 18.9 Å². The Hall–Kier alpha value is -3.01. The van der Waals surface area contributed by atoms with Crippen LogP contribution < -0.4 is 9.64 Å². The summed E-state index contributed by atoms with van der Waals surface area (Å²) in [6, 6.07) is 17.7. The number of carbonyl (C=O) groups is 2. The average Bonchev–Trinajstić information content (AvgIpc) is 3.43. The van der Waals surface area contributed by atoms with Crippen molar-refractivity contribution in [1.29, 1.82) is 0 Å². The normalized spacial score (nSPS) is 16.7. The average molecular weight is 471 g/mol. The maximum Gasteiger partial charge on any atom is 0.253 e. The summed E-state index contributed by atoms with van der Waals surface area (Å²) in [4.78, 5) is 27.2. The van der Waals surface area contributed by atoms with E-state index in [-0.39, 0.29) is 17.2 Å². The molecule has 166 valence electrons. The zero-order chi connectivity index (χ0) is 22.7. The van der Waals surface area contributed by atoms with Gasteiger partial charge in [0.15, 0.2) is 0 Å². The molecule has 1 unspecified atom stereocenters. The zero-order valence-corrected chi connectivity index (χ0v) is 19.0. The summed E-state index contributed by atoms with van der Waals surface area (Å²) in [5, 5.41) is 1.67. The van der Waals surface area contributed by atoms with Crippen molar-refractivity contribution >= 4 is 38.9 Å². The minimum absolute atomic E-state index is 0.0120.